The van der Waals surface area contributed by atoms with Crippen LogP contribution < -0.4 is 5.32 Å². The summed E-state index contributed by atoms with van der Waals surface area (Å²) in [5.74, 6) is 0.142. The largest absolute Gasteiger partial charge is 0.355 e. The molecule has 0 bridgehead atoms. The van der Waals surface area contributed by atoms with Crippen LogP contribution in [0.5, 0.6) is 0 Å². The molecule has 0 heterocycles. The second-order valence-corrected chi connectivity index (χ2v) is 10.9. The highest BCUT2D eigenvalue weighted by molar-refractivity contribution is 8.04. The molecule has 3 nitrogen and oxygen atoms in total. The van der Waals surface area contributed by atoms with Gasteiger partial charge in [-0.05, 0) is 59.0 Å². The molecule has 3 atom stereocenters. The fourth-order valence-electron chi connectivity index (χ4n) is 3.17. The van der Waals surface area contributed by atoms with Crippen molar-refractivity contribution in [1.29, 1.82) is 0 Å². The molecule has 1 fully saturated rings. The molecule has 1 amide bonds. The van der Waals surface area contributed by atoms with E-state index in [2.05, 4.69) is 10.2 Å². The zero-order chi connectivity index (χ0) is 19.8. The first kappa shape index (κ1) is 23.2. The molecule has 0 aliphatic heterocycles. The van der Waals surface area contributed by atoms with E-state index < -0.39 is 0 Å². The van der Waals surface area contributed by atoms with Gasteiger partial charge in [0.25, 0.3) is 0 Å². The Balaban J connectivity index is 1.89. The van der Waals surface area contributed by atoms with Crippen molar-refractivity contribution >= 4 is 52.6 Å². The number of benzene rings is 1. The van der Waals surface area contributed by atoms with Crippen LogP contribution in [-0.4, -0.2) is 53.7 Å². The van der Waals surface area contributed by atoms with E-state index in [0.29, 0.717) is 20.5 Å². The Labute approximate surface area is 182 Å². The lowest BCUT2D eigenvalue weighted by atomic mass is 10.00. The summed E-state index contributed by atoms with van der Waals surface area (Å²) in [7, 11) is 4.10. The third kappa shape index (κ3) is 7.69. The normalized spacial score (nSPS) is 21.3. The third-order valence-corrected chi connectivity index (χ3v) is 8.76. The predicted molar refractivity (Wildman–Crippen MR) is 122 cm³/mol. The molecule has 1 aliphatic rings. The topological polar surface area (TPSA) is 32.3 Å². The molecule has 2 rings (SSSR count). The van der Waals surface area contributed by atoms with Crippen molar-refractivity contribution in [2.24, 2.45) is 0 Å². The van der Waals surface area contributed by atoms with Gasteiger partial charge in [-0.15, -0.1) is 23.5 Å². The highest BCUT2D eigenvalue weighted by Crippen LogP contribution is 2.44. The molecule has 3 unspecified atom stereocenters. The van der Waals surface area contributed by atoms with E-state index in [9.17, 15) is 4.79 Å². The fourth-order valence-corrected chi connectivity index (χ4v) is 6.78. The van der Waals surface area contributed by atoms with Gasteiger partial charge in [0.05, 0.1) is 15.3 Å². The van der Waals surface area contributed by atoms with Gasteiger partial charge in [0.2, 0.25) is 5.91 Å². The Kier molecular flexibility index (Phi) is 10.2. The molecule has 0 aromatic heterocycles. The number of hydrogen-bond donors (Lipinski definition) is 1. The number of nitrogens with zero attached hydrogens (tertiary/aromatic N) is 1. The van der Waals surface area contributed by atoms with Crippen molar-refractivity contribution in [1.82, 2.24) is 10.2 Å². The highest BCUT2D eigenvalue weighted by Gasteiger charge is 2.30. The SMILES string of the molecule is CC(SC1CCCCC1Sc1c(Cl)cccc1Cl)C(=O)NCCCN(C)C. The third-order valence-electron chi connectivity index (χ3n) is 4.66. The maximum absolute atomic E-state index is 12.4. The number of hydrogen-bond acceptors (Lipinski definition) is 4. The number of thioether (sulfide) groups is 2. The van der Waals surface area contributed by atoms with Gasteiger partial charge in [-0.2, -0.15) is 0 Å². The van der Waals surface area contributed by atoms with E-state index in [1.165, 1.54) is 12.8 Å². The van der Waals surface area contributed by atoms with E-state index in [0.717, 1.165) is 37.2 Å². The standard InChI is InChI=1S/C20H30Cl2N2OS2/c1-14(20(25)23-12-7-13-24(2)3)26-17-10-4-5-11-18(17)27-19-15(21)8-6-9-16(19)22/h6,8-9,14,17-18H,4-5,7,10-13H2,1-3H3,(H,23,25). The van der Waals surface area contributed by atoms with E-state index in [4.69, 9.17) is 23.2 Å². The molecular weight excluding hydrogens is 419 g/mol. The number of carbonyl (C=O) groups is 1. The van der Waals surface area contributed by atoms with E-state index in [1.54, 1.807) is 23.5 Å². The molecule has 1 aliphatic carbocycles. The Hall–Kier alpha value is -0.0700. The lowest BCUT2D eigenvalue weighted by molar-refractivity contribution is -0.120. The number of carbonyl (C=O) groups excluding carboxylic acids is 1. The van der Waals surface area contributed by atoms with Gasteiger partial charge < -0.3 is 10.2 Å². The van der Waals surface area contributed by atoms with E-state index in [1.807, 2.05) is 39.2 Å². The van der Waals surface area contributed by atoms with Gasteiger partial charge in [-0.25, -0.2) is 0 Å². The van der Waals surface area contributed by atoms with Crippen LogP contribution in [-0.2, 0) is 4.79 Å². The smallest absolute Gasteiger partial charge is 0.232 e. The molecule has 1 saturated carbocycles. The molecule has 0 saturated heterocycles. The number of halogens is 2. The summed E-state index contributed by atoms with van der Waals surface area (Å²) in [5.41, 5.74) is 0. The van der Waals surface area contributed by atoms with Crippen molar-refractivity contribution in [2.45, 2.75) is 59.7 Å². The molecule has 27 heavy (non-hydrogen) atoms. The summed E-state index contributed by atoms with van der Waals surface area (Å²) >= 11 is 16.3. The van der Waals surface area contributed by atoms with Crippen LogP contribution in [0.4, 0.5) is 0 Å². The first-order valence-electron chi connectivity index (χ1n) is 9.57. The Morgan fingerprint density at radius 1 is 1.22 bits per heavy atom. The first-order chi connectivity index (χ1) is 12.9. The molecule has 0 spiro atoms. The Morgan fingerprint density at radius 3 is 2.48 bits per heavy atom. The average molecular weight is 450 g/mol. The van der Waals surface area contributed by atoms with Crippen LogP contribution in [0.15, 0.2) is 23.1 Å². The summed E-state index contributed by atoms with van der Waals surface area (Å²) < 4.78 is 0. The minimum absolute atomic E-state index is 0.0442. The van der Waals surface area contributed by atoms with Crippen molar-refractivity contribution in [2.75, 3.05) is 27.2 Å². The molecule has 7 heteroatoms. The molecule has 1 N–H and O–H groups in total. The average Bonchev–Trinajstić information content (AvgIpc) is 2.63. The molecule has 1 aromatic carbocycles. The zero-order valence-corrected chi connectivity index (χ0v) is 19.5. The Bertz CT molecular complexity index is 595. The van der Waals surface area contributed by atoms with Crippen LogP contribution in [0.3, 0.4) is 0 Å². The van der Waals surface area contributed by atoms with Gasteiger partial charge in [0, 0.05) is 21.9 Å². The van der Waals surface area contributed by atoms with Crippen LogP contribution in [0.1, 0.15) is 39.0 Å². The summed E-state index contributed by atoms with van der Waals surface area (Å²) in [4.78, 5) is 15.5. The summed E-state index contributed by atoms with van der Waals surface area (Å²) in [6.07, 6.45) is 5.71. The lowest BCUT2D eigenvalue weighted by Gasteiger charge is -2.32. The van der Waals surface area contributed by atoms with Crippen LogP contribution in [0.25, 0.3) is 0 Å². The lowest BCUT2D eigenvalue weighted by Crippen LogP contribution is -2.35. The van der Waals surface area contributed by atoms with Crippen molar-refractivity contribution < 1.29 is 4.79 Å². The second-order valence-electron chi connectivity index (χ2n) is 7.26. The monoisotopic (exact) mass is 448 g/mol. The quantitative estimate of drug-likeness (QED) is 0.499. The van der Waals surface area contributed by atoms with Gasteiger partial charge in [-0.1, -0.05) is 42.1 Å². The van der Waals surface area contributed by atoms with Crippen molar-refractivity contribution in [3.63, 3.8) is 0 Å². The second kappa shape index (κ2) is 11.8. The minimum Gasteiger partial charge on any atom is -0.355 e. The Morgan fingerprint density at radius 2 is 1.85 bits per heavy atom. The molecule has 152 valence electrons. The number of nitrogens with one attached hydrogen (secondary N) is 1. The van der Waals surface area contributed by atoms with E-state index >= 15 is 0 Å². The van der Waals surface area contributed by atoms with Gasteiger partial charge in [0.1, 0.15) is 0 Å². The number of amides is 1. The minimum atomic E-state index is -0.0442. The van der Waals surface area contributed by atoms with E-state index in [-0.39, 0.29) is 11.2 Å². The van der Waals surface area contributed by atoms with Gasteiger partial charge >= 0.3 is 0 Å². The fraction of sp³-hybridized carbons (Fsp3) is 0.650. The van der Waals surface area contributed by atoms with Crippen molar-refractivity contribution in [3.05, 3.63) is 28.2 Å². The van der Waals surface area contributed by atoms with Gasteiger partial charge in [0.15, 0.2) is 0 Å². The molecule has 1 aromatic rings. The van der Waals surface area contributed by atoms with Crippen LogP contribution in [0, 0.1) is 0 Å². The van der Waals surface area contributed by atoms with Crippen molar-refractivity contribution in [3.8, 4) is 0 Å². The first-order valence-corrected chi connectivity index (χ1v) is 12.1. The highest BCUT2D eigenvalue weighted by atomic mass is 35.5. The maximum atomic E-state index is 12.4. The van der Waals surface area contributed by atoms with Gasteiger partial charge in [-0.3, -0.25) is 4.79 Å². The molecule has 0 radical (unpaired) electrons. The predicted octanol–water partition coefficient (Wildman–Crippen LogP) is 5.59. The van der Waals surface area contributed by atoms with Crippen LogP contribution >= 0.6 is 46.7 Å². The molecular formula is C20H30Cl2N2OS2. The zero-order valence-electron chi connectivity index (χ0n) is 16.3. The summed E-state index contributed by atoms with van der Waals surface area (Å²) in [6.45, 7) is 3.74. The number of rotatable bonds is 9. The summed E-state index contributed by atoms with van der Waals surface area (Å²) in [6, 6.07) is 5.67. The van der Waals surface area contributed by atoms with Crippen LogP contribution in [0.2, 0.25) is 10.0 Å². The summed E-state index contributed by atoms with van der Waals surface area (Å²) in [5, 5.41) is 5.34. The maximum Gasteiger partial charge on any atom is 0.232 e.